The van der Waals surface area contributed by atoms with E-state index in [2.05, 4.69) is 39.0 Å². The van der Waals surface area contributed by atoms with Gasteiger partial charge in [-0.25, -0.2) is 0 Å². The molecule has 0 saturated carbocycles. The van der Waals surface area contributed by atoms with E-state index < -0.39 is 11.9 Å². The molecule has 0 bridgehead atoms. The summed E-state index contributed by atoms with van der Waals surface area (Å²) in [5.41, 5.74) is 2.12. The van der Waals surface area contributed by atoms with Crippen molar-refractivity contribution in [3.05, 3.63) is 53.6 Å². The summed E-state index contributed by atoms with van der Waals surface area (Å²) in [6.07, 6.45) is 5.28. The first-order valence-electron chi connectivity index (χ1n) is 16.2. The summed E-state index contributed by atoms with van der Waals surface area (Å²) >= 11 is 0. The summed E-state index contributed by atoms with van der Waals surface area (Å²) in [5.74, 6) is 0.463. The van der Waals surface area contributed by atoms with Gasteiger partial charge in [0.1, 0.15) is 5.75 Å². The lowest BCUT2D eigenvalue weighted by Gasteiger charge is -2.30. The highest BCUT2D eigenvalue weighted by atomic mass is 16.5. The van der Waals surface area contributed by atoms with Crippen molar-refractivity contribution in [2.24, 2.45) is 5.92 Å². The van der Waals surface area contributed by atoms with Crippen molar-refractivity contribution < 1.29 is 33.4 Å². The lowest BCUT2D eigenvalue weighted by atomic mass is 9.83. The van der Waals surface area contributed by atoms with Crippen molar-refractivity contribution in [2.45, 2.75) is 57.4 Å². The standard InChI is InChI=1S/C35H51N3O6/c1-6-7-18-36(19-10-11-20-38(2,3)4)33(39)25-37-24-28(26-14-15-30-27(23-26)16-21-43-30)34(35(40)41)29(37)17-22-44-32-13-9-8-12-31(32)42-5/h8-9,12-15,23,28-29,34H,6-7,10-11,16-22,24-25H2,1-5H3/p+1. The third-order valence-electron chi connectivity index (χ3n) is 8.89. The van der Waals surface area contributed by atoms with E-state index in [1.165, 1.54) is 0 Å². The van der Waals surface area contributed by atoms with Crippen LogP contribution in [0.3, 0.4) is 0 Å². The number of hydrogen-bond donors (Lipinski definition) is 1. The van der Waals surface area contributed by atoms with Crippen LogP contribution in [0.1, 0.15) is 56.1 Å². The number of aliphatic carboxylic acids is 1. The Morgan fingerprint density at radius 2 is 1.82 bits per heavy atom. The molecule has 44 heavy (non-hydrogen) atoms. The number of quaternary nitrogens is 1. The smallest absolute Gasteiger partial charge is 0.308 e. The first kappa shape index (κ1) is 33.6. The molecular formula is C35H52N3O6+. The molecule has 2 aliphatic rings. The molecule has 3 unspecified atom stereocenters. The number of fused-ring (bicyclic) bond motifs is 1. The zero-order valence-electron chi connectivity index (χ0n) is 27.3. The van der Waals surface area contributed by atoms with E-state index in [1.807, 2.05) is 41.3 Å². The average molecular weight is 611 g/mol. The highest BCUT2D eigenvalue weighted by Gasteiger charge is 2.47. The van der Waals surface area contributed by atoms with Crippen LogP contribution in [0.5, 0.6) is 17.2 Å². The Kier molecular flexibility index (Phi) is 11.9. The Labute approximate surface area is 263 Å². The largest absolute Gasteiger partial charge is 0.493 e. The number of rotatable bonds is 17. The van der Waals surface area contributed by atoms with Gasteiger partial charge in [0.05, 0.1) is 60.5 Å². The number of unbranched alkanes of at least 4 members (excludes halogenated alkanes) is 2. The van der Waals surface area contributed by atoms with Crippen molar-refractivity contribution in [1.82, 2.24) is 9.80 Å². The molecule has 1 fully saturated rings. The summed E-state index contributed by atoms with van der Waals surface area (Å²) in [6, 6.07) is 13.2. The van der Waals surface area contributed by atoms with Crippen LogP contribution < -0.4 is 14.2 Å². The van der Waals surface area contributed by atoms with Gasteiger partial charge in [-0.05, 0) is 55.0 Å². The maximum Gasteiger partial charge on any atom is 0.308 e. The summed E-state index contributed by atoms with van der Waals surface area (Å²) < 4.78 is 18.2. The molecule has 2 aromatic carbocycles. The number of amides is 1. The molecule has 242 valence electrons. The quantitative estimate of drug-likeness (QED) is 0.206. The number of carboxylic acids is 1. The van der Waals surface area contributed by atoms with Gasteiger partial charge < -0.3 is 28.7 Å². The Bertz CT molecular complexity index is 1250. The average Bonchev–Trinajstić information content (AvgIpc) is 3.60. The van der Waals surface area contributed by atoms with Gasteiger partial charge in [0.15, 0.2) is 11.5 Å². The van der Waals surface area contributed by atoms with Crippen molar-refractivity contribution in [1.29, 1.82) is 0 Å². The van der Waals surface area contributed by atoms with E-state index in [-0.39, 0.29) is 24.4 Å². The number of benzene rings is 2. The number of hydrogen-bond acceptors (Lipinski definition) is 6. The molecule has 0 radical (unpaired) electrons. The molecule has 0 spiro atoms. The fourth-order valence-electron chi connectivity index (χ4n) is 6.53. The normalized spacial score (nSPS) is 19.8. The van der Waals surface area contributed by atoms with Crippen molar-refractivity contribution in [3.63, 3.8) is 0 Å². The van der Waals surface area contributed by atoms with Gasteiger partial charge in [-0.2, -0.15) is 0 Å². The van der Waals surface area contributed by atoms with Crippen molar-refractivity contribution in [2.75, 3.05) is 74.2 Å². The maximum absolute atomic E-state index is 13.9. The van der Waals surface area contributed by atoms with Crippen LogP contribution >= 0.6 is 0 Å². The van der Waals surface area contributed by atoms with Crippen LogP contribution in [0, 0.1) is 5.92 Å². The second kappa shape index (κ2) is 15.6. The highest BCUT2D eigenvalue weighted by Crippen LogP contribution is 2.41. The van der Waals surface area contributed by atoms with Crippen LogP contribution in [-0.4, -0.2) is 111 Å². The molecule has 1 saturated heterocycles. The van der Waals surface area contributed by atoms with Gasteiger partial charge in [-0.1, -0.05) is 37.6 Å². The number of carbonyl (C=O) groups excluding carboxylic acids is 1. The molecular weight excluding hydrogens is 558 g/mol. The third-order valence-corrected chi connectivity index (χ3v) is 8.89. The fraction of sp³-hybridized carbons (Fsp3) is 0.600. The zero-order valence-corrected chi connectivity index (χ0v) is 27.3. The number of carbonyl (C=O) groups is 2. The molecule has 2 aliphatic heterocycles. The Balaban J connectivity index is 1.53. The second-order valence-corrected chi connectivity index (χ2v) is 13.2. The Morgan fingerprint density at radius 3 is 2.52 bits per heavy atom. The second-order valence-electron chi connectivity index (χ2n) is 13.2. The fourth-order valence-corrected chi connectivity index (χ4v) is 6.53. The van der Waals surface area contributed by atoms with E-state index in [1.54, 1.807) is 7.11 Å². The first-order valence-corrected chi connectivity index (χ1v) is 16.2. The molecule has 4 rings (SSSR count). The van der Waals surface area contributed by atoms with Crippen LogP contribution in [-0.2, 0) is 16.0 Å². The minimum Gasteiger partial charge on any atom is -0.493 e. The molecule has 1 N–H and O–H groups in total. The molecule has 9 heteroatoms. The van der Waals surface area contributed by atoms with Gasteiger partial charge in [0, 0.05) is 38.0 Å². The number of nitrogens with zero attached hydrogens (tertiary/aromatic N) is 3. The SMILES string of the molecule is CCCCN(CCCC[N+](C)(C)C)C(=O)CN1CC(c2ccc3c(c2)CCO3)C(C(=O)O)C1CCOc1ccccc1OC. The Hall–Kier alpha value is -3.30. The number of carboxylic acid groups (broad SMARTS) is 1. The monoisotopic (exact) mass is 610 g/mol. The van der Waals surface area contributed by atoms with Crippen LogP contribution in [0.25, 0.3) is 0 Å². The van der Waals surface area contributed by atoms with E-state index in [4.69, 9.17) is 14.2 Å². The van der Waals surface area contributed by atoms with Crippen molar-refractivity contribution >= 4 is 11.9 Å². The van der Waals surface area contributed by atoms with Gasteiger partial charge >= 0.3 is 5.97 Å². The molecule has 2 aromatic rings. The molecule has 0 aromatic heterocycles. The van der Waals surface area contributed by atoms with E-state index in [0.29, 0.717) is 37.7 Å². The van der Waals surface area contributed by atoms with Crippen molar-refractivity contribution in [3.8, 4) is 17.2 Å². The van der Waals surface area contributed by atoms with E-state index in [9.17, 15) is 14.7 Å². The van der Waals surface area contributed by atoms with E-state index in [0.717, 1.165) is 73.1 Å². The predicted octanol–water partition coefficient (Wildman–Crippen LogP) is 4.68. The molecule has 9 nitrogen and oxygen atoms in total. The number of ether oxygens (including phenoxy) is 3. The maximum atomic E-state index is 13.9. The summed E-state index contributed by atoms with van der Waals surface area (Å²) in [6.45, 7) is 6.33. The molecule has 0 aliphatic carbocycles. The number of para-hydroxylation sites is 2. The number of methoxy groups -OCH3 is 1. The zero-order chi connectivity index (χ0) is 31.7. The van der Waals surface area contributed by atoms with Crippen LogP contribution in [0.2, 0.25) is 0 Å². The summed E-state index contributed by atoms with van der Waals surface area (Å²) in [4.78, 5) is 30.9. The van der Waals surface area contributed by atoms with Gasteiger partial charge in [-0.15, -0.1) is 0 Å². The minimum atomic E-state index is -0.841. The first-order chi connectivity index (χ1) is 21.1. The number of likely N-dealkylation sites (tertiary alicyclic amines) is 1. The van der Waals surface area contributed by atoms with Gasteiger partial charge in [0.2, 0.25) is 5.91 Å². The van der Waals surface area contributed by atoms with Gasteiger partial charge in [-0.3, -0.25) is 14.5 Å². The van der Waals surface area contributed by atoms with Crippen LogP contribution in [0.4, 0.5) is 0 Å². The van der Waals surface area contributed by atoms with E-state index >= 15 is 0 Å². The lowest BCUT2D eigenvalue weighted by Crippen LogP contribution is -2.45. The topological polar surface area (TPSA) is 88.5 Å². The predicted molar refractivity (Wildman–Crippen MR) is 172 cm³/mol. The Morgan fingerprint density at radius 1 is 1.07 bits per heavy atom. The molecule has 2 heterocycles. The highest BCUT2D eigenvalue weighted by molar-refractivity contribution is 5.79. The summed E-state index contributed by atoms with van der Waals surface area (Å²) in [7, 11) is 8.17. The van der Waals surface area contributed by atoms with Gasteiger partial charge in [0.25, 0.3) is 0 Å². The molecule has 1 amide bonds. The molecule has 3 atom stereocenters. The third kappa shape index (κ3) is 8.88. The lowest BCUT2D eigenvalue weighted by molar-refractivity contribution is -0.870. The van der Waals surface area contributed by atoms with Crippen LogP contribution in [0.15, 0.2) is 42.5 Å². The summed E-state index contributed by atoms with van der Waals surface area (Å²) in [5, 5.41) is 10.6. The minimum absolute atomic E-state index is 0.0755.